The molecule has 0 saturated heterocycles. The van der Waals surface area contributed by atoms with Gasteiger partial charge >= 0.3 is 0 Å². The van der Waals surface area contributed by atoms with Gasteiger partial charge in [0, 0.05) is 11.5 Å². The molecule has 0 radical (unpaired) electrons. The summed E-state index contributed by atoms with van der Waals surface area (Å²) in [4.78, 5) is 0. The maximum absolute atomic E-state index is 3.71. The van der Waals surface area contributed by atoms with Crippen molar-refractivity contribution in [3.05, 3.63) is 35.9 Å². The quantitative estimate of drug-likeness (QED) is 0.783. The predicted octanol–water partition coefficient (Wildman–Crippen LogP) is 3.99. The Morgan fingerprint density at radius 1 is 1.12 bits per heavy atom. The fourth-order valence-electron chi connectivity index (χ4n) is 2.67. The third-order valence-electron chi connectivity index (χ3n) is 3.58. The molecule has 1 aromatic carbocycles. The molecular weight excluding hydrogens is 206 g/mol. The molecule has 0 aromatic heterocycles. The molecule has 1 nitrogen and oxygen atoms in total. The zero-order valence-corrected chi connectivity index (χ0v) is 12.0. The van der Waals surface area contributed by atoms with Gasteiger partial charge in [-0.15, -0.1) is 0 Å². The molecule has 0 amide bonds. The molecule has 1 rings (SSSR count). The van der Waals surface area contributed by atoms with Crippen LogP contribution in [0.5, 0.6) is 0 Å². The molecule has 0 aliphatic rings. The third-order valence-corrected chi connectivity index (χ3v) is 3.58. The average molecular weight is 233 g/mol. The average Bonchev–Trinajstić information content (AvgIpc) is 2.30. The van der Waals surface area contributed by atoms with Crippen LogP contribution >= 0.6 is 0 Å². The lowest BCUT2D eigenvalue weighted by Crippen LogP contribution is -2.48. The largest absolute Gasteiger partial charge is 0.313 e. The first-order valence-electron chi connectivity index (χ1n) is 6.79. The van der Waals surface area contributed by atoms with Gasteiger partial charge < -0.3 is 5.32 Å². The molecule has 1 unspecified atom stereocenters. The zero-order chi connectivity index (χ0) is 12.9. The van der Waals surface area contributed by atoms with E-state index >= 15 is 0 Å². The van der Waals surface area contributed by atoms with Crippen LogP contribution in [0.3, 0.4) is 0 Å². The molecule has 0 heterocycles. The molecular formula is C16H27N. The minimum Gasteiger partial charge on any atom is -0.313 e. The van der Waals surface area contributed by atoms with Crippen molar-refractivity contribution in [2.75, 3.05) is 6.54 Å². The van der Waals surface area contributed by atoms with Crippen molar-refractivity contribution in [1.29, 1.82) is 0 Å². The smallest absolute Gasteiger partial charge is 0.0182 e. The Labute approximate surface area is 107 Å². The van der Waals surface area contributed by atoms with Gasteiger partial charge in [0.25, 0.3) is 0 Å². The Hall–Kier alpha value is -0.820. The van der Waals surface area contributed by atoms with Crippen LogP contribution in [0.2, 0.25) is 0 Å². The van der Waals surface area contributed by atoms with Crippen molar-refractivity contribution < 1.29 is 0 Å². The second-order valence-corrected chi connectivity index (χ2v) is 5.76. The highest BCUT2D eigenvalue weighted by Gasteiger charge is 2.32. The molecule has 1 aromatic rings. The van der Waals surface area contributed by atoms with E-state index in [4.69, 9.17) is 0 Å². The van der Waals surface area contributed by atoms with Crippen molar-refractivity contribution in [2.45, 2.75) is 52.5 Å². The van der Waals surface area contributed by atoms with Crippen molar-refractivity contribution in [3.8, 4) is 0 Å². The lowest BCUT2D eigenvalue weighted by Gasteiger charge is -2.38. The van der Waals surface area contributed by atoms with E-state index in [9.17, 15) is 0 Å². The number of hydrogen-bond donors (Lipinski definition) is 1. The Morgan fingerprint density at radius 3 is 2.18 bits per heavy atom. The van der Waals surface area contributed by atoms with Crippen LogP contribution in [-0.4, -0.2) is 12.6 Å². The minimum absolute atomic E-state index is 0.171. The predicted molar refractivity (Wildman–Crippen MR) is 76.4 cm³/mol. The molecule has 0 aliphatic heterocycles. The first-order valence-corrected chi connectivity index (χ1v) is 6.79. The van der Waals surface area contributed by atoms with E-state index < -0.39 is 0 Å². The maximum atomic E-state index is 3.71. The van der Waals surface area contributed by atoms with Gasteiger partial charge in [0.05, 0.1) is 0 Å². The highest BCUT2D eigenvalue weighted by atomic mass is 14.9. The number of nitrogens with one attached hydrogen (secondary N) is 1. The van der Waals surface area contributed by atoms with E-state index in [-0.39, 0.29) is 5.41 Å². The van der Waals surface area contributed by atoms with E-state index in [2.05, 4.69) is 70.3 Å². The molecule has 1 atom stereocenters. The van der Waals surface area contributed by atoms with Crippen LogP contribution in [0, 0.1) is 5.92 Å². The number of benzene rings is 1. The molecule has 0 saturated carbocycles. The first kappa shape index (κ1) is 14.2. The molecule has 0 aliphatic carbocycles. The summed E-state index contributed by atoms with van der Waals surface area (Å²) >= 11 is 0. The van der Waals surface area contributed by atoms with E-state index in [0.717, 1.165) is 6.54 Å². The molecule has 96 valence electrons. The number of rotatable bonds is 6. The fourth-order valence-corrected chi connectivity index (χ4v) is 2.67. The summed E-state index contributed by atoms with van der Waals surface area (Å²) in [5, 5.41) is 3.71. The lowest BCUT2D eigenvalue weighted by molar-refractivity contribution is 0.270. The molecule has 0 bridgehead atoms. The highest BCUT2D eigenvalue weighted by molar-refractivity contribution is 5.26. The topological polar surface area (TPSA) is 12.0 Å². The Kier molecular flexibility index (Phi) is 5.20. The summed E-state index contributed by atoms with van der Waals surface area (Å²) in [7, 11) is 0. The second-order valence-electron chi connectivity index (χ2n) is 5.76. The van der Waals surface area contributed by atoms with Gasteiger partial charge in [-0.05, 0) is 24.4 Å². The Balaban J connectivity index is 2.91. The SMILES string of the molecule is CCCNC(C(C)C)C(C)(C)c1ccccc1. The first-order chi connectivity index (χ1) is 8.00. The Bertz CT molecular complexity index is 314. The van der Waals surface area contributed by atoms with Gasteiger partial charge in [0.2, 0.25) is 0 Å². The summed E-state index contributed by atoms with van der Waals surface area (Å²) in [6.07, 6.45) is 1.19. The van der Waals surface area contributed by atoms with Crippen LogP contribution in [-0.2, 0) is 5.41 Å². The van der Waals surface area contributed by atoms with Gasteiger partial charge in [-0.1, -0.05) is 65.0 Å². The van der Waals surface area contributed by atoms with Crippen molar-refractivity contribution >= 4 is 0 Å². The van der Waals surface area contributed by atoms with Crippen LogP contribution in [0.15, 0.2) is 30.3 Å². The van der Waals surface area contributed by atoms with Gasteiger partial charge in [-0.2, -0.15) is 0 Å². The zero-order valence-electron chi connectivity index (χ0n) is 12.0. The lowest BCUT2D eigenvalue weighted by atomic mass is 9.73. The summed E-state index contributed by atoms with van der Waals surface area (Å²) in [6, 6.07) is 11.3. The van der Waals surface area contributed by atoms with E-state index in [1.54, 1.807) is 0 Å². The van der Waals surface area contributed by atoms with E-state index in [1.807, 2.05) is 0 Å². The maximum Gasteiger partial charge on any atom is 0.0182 e. The van der Waals surface area contributed by atoms with Crippen molar-refractivity contribution in [2.24, 2.45) is 5.92 Å². The van der Waals surface area contributed by atoms with Gasteiger partial charge in [0.1, 0.15) is 0 Å². The van der Waals surface area contributed by atoms with Crippen LogP contribution in [0.1, 0.15) is 46.6 Å². The Morgan fingerprint density at radius 2 is 1.71 bits per heavy atom. The normalized spacial score (nSPS) is 14.0. The highest BCUT2D eigenvalue weighted by Crippen LogP contribution is 2.30. The fraction of sp³-hybridized carbons (Fsp3) is 0.625. The monoisotopic (exact) mass is 233 g/mol. The van der Waals surface area contributed by atoms with Crippen molar-refractivity contribution in [1.82, 2.24) is 5.32 Å². The van der Waals surface area contributed by atoms with Gasteiger partial charge in [-0.25, -0.2) is 0 Å². The van der Waals surface area contributed by atoms with Gasteiger partial charge in [-0.3, -0.25) is 0 Å². The molecule has 17 heavy (non-hydrogen) atoms. The standard InChI is InChI=1S/C16H27N/c1-6-12-17-15(13(2)3)16(4,5)14-10-8-7-9-11-14/h7-11,13,15,17H,6,12H2,1-5H3. The van der Waals surface area contributed by atoms with Gasteiger partial charge in [0.15, 0.2) is 0 Å². The minimum atomic E-state index is 0.171. The summed E-state index contributed by atoms with van der Waals surface area (Å²) in [5.74, 6) is 0.636. The summed E-state index contributed by atoms with van der Waals surface area (Å²) in [6.45, 7) is 12.6. The van der Waals surface area contributed by atoms with Crippen LogP contribution < -0.4 is 5.32 Å². The molecule has 1 N–H and O–H groups in total. The summed E-state index contributed by atoms with van der Waals surface area (Å²) < 4.78 is 0. The molecule has 1 heteroatoms. The van der Waals surface area contributed by atoms with Crippen LogP contribution in [0.25, 0.3) is 0 Å². The van der Waals surface area contributed by atoms with Crippen molar-refractivity contribution in [3.63, 3.8) is 0 Å². The van der Waals surface area contributed by atoms with E-state index in [1.165, 1.54) is 12.0 Å². The number of hydrogen-bond acceptors (Lipinski definition) is 1. The molecule has 0 fully saturated rings. The molecule has 0 spiro atoms. The second kappa shape index (κ2) is 6.20. The summed E-state index contributed by atoms with van der Waals surface area (Å²) in [5.41, 5.74) is 1.59. The van der Waals surface area contributed by atoms with E-state index in [0.29, 0.717) is 12.0 Å². The van der Waals surface area contributed by atoms with Crippen LogP contribution in [0.4, 0.5) is 0 Å². The third kappa shape index (κ3) is 3.57.